The summed E-state index contributed by atoms with van der Waals surface area (Å²) in [4.78, 5) is 18.8. The van der Waals surface area contributed by atoms with E-state index in [-0.39, 0.29) is 5.56 Å². The summed E-state index contributed by atoms with van der Waals surface area (Å²) < 4.78 is 6.99. The number of H-pyrrole nitrogens is 1. The van der Waals surface area contributed by atoms with Crippen molar-refractivity contribution in [1.82, 2.24) is 25.2 Å². The molecule has 164 valence electrons. The Morgan fingerprint density at radius 1 is 1.16 bits per heavy atom. The van der Waals surface area contributed by atoms with Gasteiger partial charge in [-0.3, -0.25) is 4.79 Å². The van der Waals surface area contributed by atoms with Crippen molar-refractivity contribution < 1.29 is 4.74 Å². The van der Waals surface area contributed by atoms with Crippen LogP contribution < -0.4 is 10.5 Å². The second-order valence-corrected chi connectivity index (χ2v) is 8.27. The summed E-state index contributed by atoms with van der Waals surface area (Å²) in [5.41, 5.74) is 5.92. The van der Waals surface area contributed by atoms with Crippen LogP contribution in [0.2, 0.25) is 0 Å². The molecule has 0 saturated heterocycles. The highest BCUT2D eigenvalue weighted by atomic mass is 16.5. The topological polar surface area (TPSA) is 88.9 Å². The third-order valence-corrected chi connectivity index (χ3v) is 6.31. The molecule has 0 unspecified atom stereocenters. The molecule has 0 spiro atoms. The Hall–Kier alpha value is -3.52. The quantitative estimate of drug-likeness (QED) is 0.506. The maximum Gasteiger partial charge on any atom is 0.254 e. The maximum atomic E-state index is 13.4. The summed E-state index contributed by atoms with van der Waals surface area (Å²) >= 11 is 0. The number of pyridine rings is 1. The summed E-state index contributed by atoms with van der Waals surface area (Å²) in [6.07, 6.45) is 0.913. The lowest BCUT2D eigenvalue weighted by Gasteiger charge is -2.29. The van der Waals surface area contributed by atoms with Crippen molar-refractivity contribution in [2.24, 2.45) is 0 Å². The minimum Gasteiger partial charge on any atom is -0.383 e. The summed E-state index contributed by atoms with van der Waals surface area (Å²) in [6, 6.07) is 14.0. The number of tetrazole rings is 1. The number of para-hydroxylation sites is 1. The molecule has 1 N–H and O–H groups in total. The molecule has 0 aliphatic carbocycles. The fourth-order valence-electron chi connectivity index (χ4n) is 4.62. The van der Waals surface area contributed by atoms with Gasteiger partial charge in [-0.25, -0.2) is 4.68 Å². The van der Waals surface area contributed by atoms with Gasteiger partial charge >= 0.3 is 0 Å². The number of aryl methyl sites for hydroxylation is 2. The van der Waals surface area contributed by atoms with Gasteiger partial charge in [0.1, 0.15) is 6.04 Å². The molecule has 1 atom stereocenters. The van der Waals surface area contributed by atoms with Crippen LogP contribution in [0.15, 0.2) is 47.3 Å². The first-order chi connectivity index (χ1) is 15.6. The van der Waals surface area contributed by atoms with E-state index >= 15 is 0 Å². The van der Waals surface area contributed by atoms with Crippen LogP contribution in [0.4, 0.5) is 5.69 Å². The predicted octanol–water partition coefficient (Wildman–Crippen LogP) is 2.93. The zero-order chi connectivity index (χ0) is 22.2. The van der Waals surface area contributed by atoms with Gasteiger partial charge in [-0.15, -0.1) is 5.10 Å². The van der Waals surface area contributed by atoms with Crippen LogP contribution in [0.1, 0.15) is 34.1 Å². The molecule has 0 bridgehead atoms. The minimum atomic E-state index is -0.418. The molecule has 2 aromatic heterocycles. The molecule has 0 amide bonds. The number of methoxy groups -OCH3 is 1. The van der Waals surface area contributed by atoms with Gasteiger partial charge in [0.2, 0.25) is 0 Å². The lowest BCUT2D eigenvalue weighted by Crippen LogP contribution is -2.34. The molecule has 0 fully saturated rings. The number of benzene rings is 2. The number of nitrogens with one attached hydrogen (secondary N) is 1. The van der Waals surface area contributed by atoms with Crippen molar-refractivity contribution >= 4 is 16.6 Å². The summed E-state index contributed by atoms with van der Waals surface area (Å²) in [5, 5.41) is 13.5. The highest BCUT2D eigenvalue weighted by molar-refractivity contribution is 5.85. The Morgan fingerprint density at radius 2 is 1.97 bits per heavy atom. The molecule has 1 aliphatic heterocycles. The molecule has 8 heteroatoms. The number of hydrogen-bond acceptors (Lipinski definition) is 6. The normalized spacial score (nSPS) is 14.2. The van der Waals surface area contributed by atoms with E-state index in [2.05, 4.69) is 56.6 Å². The number of nitrogens with zero attached hydrogens (tertiary/aromatic N) is 5. The molecule has 3 heterocycles. The lowest BCUT2D eigenvalue weighted by molar-refractivity contribution is 0.181. The largest absolute Gasteiger partial charge is 0.383 e. The zero-order valence-electron chi connectivity index (χ0n) is 18.5. The molecule has 1 aliphatic rings. The SMILES string of the molecule is COCCn1nnnc1[C@@H](c1cc2c(C)ccc(C)c2[nH]c1=O)N1CCc2ccccc21. The Labute approximate surface area is 185 Å². The van der Waals surface area contributed by atoms with Crippen molar-refractivity contribution in [1.29, 1.82) is 0 Å². The van der Waals surface area contributed by atoms with E-state index in [0.29, 0.717) is 24.5 Å². The highest BCUT2D eigenvalue weighted by Crippen LogP contribution is 2.37. The van der Waals surface area contributed by atoms with Crippen LogP contribution in [0.25, 0.3) is 10.9 Å². The number of rotatable bonds is 6. The van der Waals surface area contributed by atoms with E-state index in [1.165, 1.54) is 5.56 Å². The lowest BCUT2D eigenvalue weighted by atomic mass is 9.99. The van der Waals surface area contributed by atoms with Crippen LogP contribution in [0, 0.1) is 13.8 Å². The molecule has 5 rings (SSSR count). The summed E-state index contributed by atoms with van der Waals surface area (Å²) in [7, 11) is 1.65. The first kappa shape index (κ1) is 20.4. The second kappa shape index (κ2) is 8.20. The van der Waals surface area contributed by atoms with Crippen molar-refractivity contribution in [3.63, 3.8) is 0 Å². The van der Waals surface area contributed by atoms with Crippen molar-refractivity contribution in [3.8, 4) is 0 Å². The van der Waals surface area contributed by atoms with Crippen molar-refractivity contribution in [3.05, 3.63) is 80.9 Å². The maximum absolute atomic E-state index is 13.4. The Kier molecular flexibility index (Phi) is 5.22. The number of fused-ring (bicyclic) bond motifs is 2. The van der Waals surface area contributed by atoms with Crippen LogP contribution in [-0.4, -0.2) is 45.5 Å². The standard InChI is InChI=1S/C24H26N6O2/c1-15-8-9-16(2)21-18(15)14-19(24(31)25-21)22(23-26-27-28-30(23)12-13-32-3)29-11-10-17-6-4-5-7-20(17)29/h4-9,14,22H,10-13H2,1-3H3,(H,25,31)/t22-/m1/s1. The van der Waals surface area contributed by atoms with E-state index in [1.54, 1.807) is 11.8 Å². The monoisotopic (exact) mass is 430 g/mol. The zero-order valence-corrected chi connectivity index (χ0v) is 18.5. The van der Waals surface area contributed by atoms with E-state index in [1.807, 2.05) is 25.1 Å². The minimum absolute atomic E-state index is 0.123. The number of ether oxygens (including phenoxy) is 1. The van der Waals surface area contributed by atoms with Crippen LogP contribution in [-0.2, 0) is 17.7 Å². The van der Waals surface area contributed by atoms with Gasteiger partial charge in [-0.05, 0) is 59.5 Å². The average Bonchev–Trinajstić information content (AvgIpc) is 3.44. The summed E-state index contributed by atoms with van der Waals surface area (Å²) in [6.45, 7) is 5.84. The fraction of sp³-hybridized carbons (Fsp3) is 0.333. The Bertz CT molecular complexity index is 1340. The smallest absolute Gasteiger partial charge is 0.254 e. The van der Waals surface area contributed by atoms with Crippen LogP contribution in [0.5, 0.6) is 0 Å². The van der Waals surface area contributed by atoms with Gasteiger partial charge in [0.25, 0.3) is 5.56 Å². The highest BCUT2D eigenvalue weighted by Gasteiger charge is 2.34. The number of aromatic amines is 1. The van der Waals surface area contributed by atoms with Gasteiger partial charge in [-0.1, -0.05) is 30.3 Å². The first-order valence-corrected chi connectivity index (χ1v) is 10.8. The molecule has 32 heavy (non-hydrogen) atoms. The third kappa shape index (κ3) is 3.36. The third-order valence-electron chi connectivity index (χ3n) is 6.31. The fourth-order valence-corrected chi connectivity index (χ4v) is 4.62. The van der Waals surface area contributed by atoms with E-state index in [0.717, 1.165) is 40.7 Å². The van der Waals surface area contributed by atoms with Gasteiger partial charge < -0.3 is 14.6 Å². The Balaban J connectivity index is 1.73. The predicted molar refractivity (Wildman–Crippen MR) is 123 cm³/mol. The summed E-state index contributed by atoms with van der Waals surface area (Å²) in [5.74, 6) is 0.633. The van der Waals surface area contributed by atoms with Crippen molar-refractivity contribution in [2.75, 3.05) is 25.2 Å². The van der Waals surface area contributed by atoms with Crippen LogP contribution >= 0.6 is 0 Å². The van der Waals surface area contributed by atoms with E-state index < -0.39 is 6.04 Å². The van der Waals surface area contributed by atoms with Gasteiger partial charge in [0, 0.05) is 30.3 Å². The molecular formula is C24H26N6O2. The van der Waals surface area contributed by atoms with E-state index in [4.69, 9.17) is 4.74 Å². The molecular weight excluding hydrogens is 404 g/mol. The number of hydrogen-bond donors (Lipinski definition) is 1. The van der Waals surface area contributed by atoms with Gasteiger partial charge in [0.05, 0.1) is 18.7 Å². The van der Waals surface area contributed by atoms with Gasteiger partial charge in [-0.2, -0.15) is 0 Å². The molecule has 0 radical (unpaired) electrons. The molecule has 2 aromatic carbocycles. The Morgan fingerprint density at radius 3 is 2.81 bits per heavy atom. The second-order valence-electron chi connectivity index (χ2n) is 8.27. The van der Waals surface area contributed by atoms with Crippen LogP contribution in [0.3, 0.4) is 0 Å². The first-order valence-electron chi connectivity index (χ1n) is 10.8. The van der Waals surface area contributed by atoms with E-state index in [9.17, 15) is 4.79 Å². The average molecular weight is 431 g/mol. The molecule has 0 saturated carbocycles. The number of anilines is 1. The molecule has 8 nitrogen and oxygen atoms in total. The molecule has 4 aromatic rings. The van der Waals surface area contributed by atoms with Gasteiger partial charge in [0.15, 0.2) is 5.82 Å². The van der Waals surface area contributed by atoms with Crippen molar-refractivity contribution in [2.45, 2.75) is 32.9 Å². The number of aromatic nitrogens is 5.